The van der Waals surface area contributed by atoms with E-state index in [1.807, 2.05) is 95.3 Å². The Morgan fingerprint density at radius 2 is 1.04 bits per heavy atom. The molecule has 6 N–H and O–H groups in total. The summed E-state index contributed by atoms with van der Waals surface area (Å²) in [6, 6.07) is 23.2. The van der Waals surface area contributed by atoms with E-state index in [0.717, 1.165) is 65.8 Å². The third-order valence-corrected chi connectivity index (χ3v) is 10.8. The van der Waals surface area contributed by atoms with E-state index in [0.29, 0.717) is 39.5 Å². The summed E-state index contributed by atoms with van der Waals surface area (Å²) in [6.07, 6.45) is 1.14. The minimum atomic E-state index is -0.508. The zero-order valence-corrected chi connectivity index (χ0v) is 31.5. The van der Waals surface area contributed by atoms with Gasteiger partial charge in [-0.05, 0) is 81.5 Å². The second-order valence-corrected chi connectivity index (χ2v) is 15.0. The highest BCUT2D eigenvalue weighted by atomic mass is 32.1. The van der Waals surface area contributed by atoms with Crippen LogP contribution in [0.4, 0.5) is 11.4 Å². The van der Waals surface area contributed by atoms with Crippen LogP contribution < -0.4 is 17.2 Å². The number of hydrogen-bond acceptors (Lipinski definition) is 9. The number of thiazole rings is 2. The first-order valence-corrected chi connectivity index (χ1v) is 18.1. The van der Waals surface area contributed by atoms with Crippen LogP contribution in [0.3, 0.4) is 0 Å². The second-order valence-electron chi connectivity index (χ2n) is 12.8. The van der Waals surface area contributed by atoms with Crippen molar-refractivity contribution in [3.8, 4) is 22.5 Å². The highest BCUT2D eigenvalue weighted by Gasteiger charge is 2.21. The fourth-order valence-corrected chi connectivity index (χ4v) is 7.61. The number of carbonyl (C=O) groups excluding carboxylic acids is 2. The normalized spacial score (nSPS) is 10.8. The summed E-state index contributed by atoms with van der Waals surface area (Å²) in [5, 5.41) is 12.7. The Bertz CT molecular complexity index is 2310. The molecule has 0 saturated heterocycles. The van der Waals surface area contributed by atoms with Crippen molar-refractivity contribution in [3.63, 3.8) is 0 Å². The quantitative estimate of drug-likeness (QED) is 0.0759. The Kier molecular flexibility index (Phi) is 11.3. The topological polar surface area (TPSA) is 181 Å². The maximum absolute atomic E-state index is 11.9. The Labute approximate surface area is 310 Å². The van der Waals surface area contributed by atoms with Crippen LogP contribution in [-0.4, -0.2) is 26.7 Å². The van der Waals surface area contributed by atoms with Gasteiger partial charge in [-0.1, -0.05) is 65.7 Å². The zero-order valence-electron chi connectivity index (χ0n) is 29.9. The lowest BCUT2D eigenvalue weighted by Gasteiger charge is -2.08. The van der Waals surface area contributed by atoms with Crippen LogP contribution in [0.1, 0.15) is 73.9 Å². The Balaban J connectivity index is 0.000000202. The van der Waals surface area contributed by atoms with Gasteiger partial charge in [-0.2, -0.15) is 0 Å². The molecular formula is C40H40N6O4S2. The van der Waals surface area contributed by atoms with Gasteiger partial charge in [0.15, 0.2) is 0 Å². The van der Waals surface area contributed by atoms with Crippen LogP contribution in [0.15, 0.2) is 72.8 Å². The molecule has 0 radical (unpaired) electrons. The van der Waals surface area contributed by atoms with E-state index in [9.17, 15) is 19.7 Å². The average molecular weight is 733 g/mol. The predicted octanol–water partition coefficient (Wildman–Crippen LogP) is 8.34. The van der Waals surface area contributed by atoms with Crippen LogP contribution in [0.25, 0.3) is 22.5 Å². The number of nitro groups is 1. The molecule has 6 aromatic rings. The second kappa shape index (κ2) is 15.7. The molecule has 0 atom stereocenters. The van der Waals surface area contributed by atoms with Crippen LogP contribution in [0.5, 0.6) is 0 Å². The van der Waals surface area contributed by atoms with Crippen molar-refractivity contribution < 1.29 is 14.5 Å². The minimum Gasteiger partial charge on any atom is -0.399 e. The van der Waals surface area contributed by atoms with Gasteiger partial charge in [0.05, 0.1) is 26.3 Å². The van der Waals surface area contributed by atoms with Crippen LogP contribution in [0.2, 0.25) is 0 Å². The van der Waals surface area contributed by atoms with E-state index >= 15 is 0 Å². The molecule has 266 valence electrons. The van der Waals surface area contributed by atoms with E-state index in [1.165, 1.54) is 22.7 Å². The summed E-state index contributed by atoms with van der Waals surface area (Å²) in [5.41, 5.74) is 29.0. The number of aromatic nitrogens is 2. The summed E-state index contributed by atoms with van der Waals surface area (Å²) < 4.78 is 0. The zero-order chi connectivity index (χ0) is 37.9. The molecule has 0 unspecified atom stereocenters. The maximum Gasteiger partial charge on any atom is 0.272 e. The summed E-state index contributed by atoms with van der Waals surface area (Å²) >= 11 is 2.63. The number of hydrogen-bond donors (Lipinski definition) is 3. The van der Waals surface area contributed by atoms with Gasteiger partial charge < -0.3 is 17.2 Å². The molecule has 4 aromatic carbocycles. The number of anilines is 1. The van der Waals surface area contributed by atoms with Crippen molar-refractivity contribution in [2.75, 3.05) is 5.73 Å². The van der Waals surface area contributed by atoms with Crippen LogP contribution >= 0.6 is 22.7 Å². The molecule has 0 aliphatic rings. The lowest BCUT2D eigenvalue weighted by Crippen LogP contribution is -2.10. The molecule has 10 nitrogen and oxygen atoms in total. The molecule has 12 heteroatoms. The molecule has 2 amide bonds. The summed E-state index contributed by atoms with van der Waals surface area (Å²) in [4.78, 5) is 44.7. The van der Waals surface area contributed by atoms with Gasteiger partial charge in [-0.25, -0.2) is 9.97 Å². The van der Waals surface area contributed by atoms with E-state index in [4.69, 9.17) is 22.2 Å². The van der Waals surface area contributed by atoms with E-state index in [2.05, 4.69) is 11.1 Å². The highest BCUT2D eigenvalue weighted by molar-refractivity contribution is 7.14. The minimum absolute atomic E-state index is 0.105. The van der Waals surface area contributed by atoms with Crippen molar-refractivity contribution >= 4 is 45.9 Å². The monoisotopic (exact) mass is 732 g/mol. The van der Waals surface area contributed by atoms with Gasteiger partial charge in [-0.15, -0.1) is 22.7 Å². The third kappa shape index (κ3) is 8.59. The molecule has 2 heterocycles. The summed E-state index contributed by atoms with van der Waals surface area (Å²) in [7, 11) is 0. The maximum atomic E-state index is 11.9. The van der Waals surface area contributed by atoms with Gasteiger partial charge in [0, 0.05) is 41.3 Å². The number of rotatable bonds is 9. The number of nitrogens with zero attached hydrogens (tertiary/aromatic N) is 3. The molecule has 0 spiro atoms. The van der Waals surface area contributed by atoms with Crippen molar-refractivity contribution in [2.24, 2.45) is 11.5 Å². The number of amides is 2. The molecule has 0 aliphatic carbocycles. The number of nitrogen functional groups attached to an aromatic ring is 1. The number of aryl methyl sites for hydroxylation is 6. The van der Waals surface area contributed by atoms with E-state index < -0.39 is 11.8 Å². The lowest BCUT2D eigenvalue weighted by molar-refractivity contribution is -0.385. The Morgan fingerprint density at radius 1 is 0.635 bits per heavy atom. The van der Waals surface area contributed by atoms with Gasteiger partial charge >= 0.3 is 0 Å². The van der Waals surface area contributed by atoms with E-state index in [1.54, 1.807) is 13.0 Å². The van der Waals surface area contributed by atoms with Gasteiger partial charge in [0.1, 0.15) is 9.75 Å². The van der Waals surface area contributed by atoms with Crippen LogP contribution in [0, 0.1) is 51.7 Å². The first kappa shape index (κ1) is 37.5. The number of benzene rings is 4. The lowest BCUT2D eigenvalue weighted by atomic mass is 10.0. The summed E-state index contributed by atoms with van der Waals surface area (Å²) in [5.74, 6) is -0.949. The predicted molar refractivity (Wildman–Crippen MR) is 210 cm³/mol. The van der Waals surface area contributed by atoms with Crippen molar-refractivity contribution in [1.29, 1.82) is 0 Å². The molecule has 0 fully saturated rings. The summed E-state index contributed by atoms with van der Waals surface area (Å²) in [6.45, 7) is 11.6. The smallest absolute Gasteiger partial charge is 0.272 e. The number of nitrogens with two attached hydrogens (primary N) is 3. The number of primary amides is 2. The Morgan fingerprint density at radius 3 is 1.44 bits per heavy atom. The Hall–Kier alpha value is -5.72. The van der Waals surface area contributed by atoms with Crippen molar-refractivity contribution in [2.45, 2.75) is 54.4 Å². The van der Waals surface area contributed by atoms with E-state index in [-0.39, 0.29) is 10.6 Å². The fourth-order valence-electron chi connectivity index (χ4n) is 5.69. The molecular weight excluding hydrogens is 693 g/mol. The van der Waals surface area contributed by atoms with Crippen LogP contribution in [-0.2, 0) is 12.8 Å². The first-order chi connectivity index (χ1) is 24.6. The number of carbonyl (C=O) groups is 2. The highest BCUT2D eigenvalue weighted by Crippen LogP contribution is 2.33. The third-order valence-electron chi connectivity index (χ3n) is 8.70. The van der Waals surface area contributed by atoms with Gasteiger partial charge in [0.25, 0.3) is 17.5 Å². The average Bonchev–Trinajstić information content (AvgIpc) is 3.71. The molecule has 0 aliphatic heterocycles. The van der Waals surface area contributed by atoms with Crippen molar-refractivity contribution in [3.05, 3.63) is 147 Å². The molecule has 6 rings (SSSR count). The van der Waals surface area contributed by atoms with Crippen molar-refractivity contribution in [1.82, 2.24) is 9.97 Å². The van der Waals surface area contributed by atoms with Gasteiger partial charge in [0.2, 0.25) is 0 Å². The molecule has 52 heavy (non-hydrogen) atoms. The SMILES string of the molecule is Cc1ccc(-c2nc(Cc3cc(C)c(N)cc3C)sc2C(N)=O)cc1.Cc1ccc(-c2nc(Cc3cc(C)c([N+](=O)[O-])cc3C)sc2C(N)=O)cc1. The van der Waals surface area contributed by atoms with Gasteiger partial charge in [-0.3, -0.25) is 19.7 Å². The molecule has 2 aromatic heterocycles. The molecule has 0 saturated carbocycles. The largest absolute Gasteiger partial charge is 0.399 e. The number of nitro benzene ring substituents is 1. The fraction of sp³-hybridized carbons (Fsp3) is 0.200. The standard InChI is InChI=1S/C20H19N3O3S.C20H21N3OS/c1-11-4-6-14(7-5-11)18-19(20(21)24)27-17(22-18)10-15-8-13(3)16(23(25)26)9-12(15)2;1-11-4-6-14(7-5-11)18-19(20(22)24)25-17(23-18)10-15-8-13(3)16(21)9-12(15)2/h4-9H,10H2,1-3H3,(H2,21,24);4-9H,10,21H2,1-3H3,(H2,22,24). The first-order valence-electron chi connectivity index (χ1n) is 16.4. The molecule has 0 bridgehead atoms.